The lowest BCUT2D eigenvalue weighted by molar-refractivity contribution is 0.206. The Kier molecular flexibility index (Phi) is 3.95. The van der Waals surface area contributed by atoms with Gasteiger partial charge in [0.05, 0.1) is 23.5 Å². The van der Waals surface area contributed by atoms with E-state index in [1.54, 1.807) is 13.2 Å². The van der Waals surface area contributed by atoms with E-state index < -0.39 is 0 Å². The number of hydrogen-bond acceptors (Lipinski definition) is 4. The van der Waals surface area contributed by atoms with Crippen LogP contribution in [0.2, 0.25) is 0 Å². The van der Waals surface area contributed by atoms with E-state index in [1.165, 1.54) is 0 Å². The molecule has 0 fully saturated rings. The van der Waals surface area contributed by atoms with Crippen molar-refractivity contribution >= 4 is 11.4 Å². The Morgan fingerprint density at radius 2 is 2.27 bits per heavy atom. The van der Waals surface area contributed by atoms with Crippen molar-refractivity contribution in [2.45, 2.75) is 0 Å². The summed E-state index contributed by atoms with van der Waals surface area (Å²) in [5.74, 6) is 0. The van der Waals surface area contributed by atoms with E-state index in [-0.39, 0.29) is 0 Å². The van der Waals surface area contributed by atoms with E-state index in [9.17, 15) is 0 Å². The first-order valence-electron chi connectivity index (χ1n) is 4.69. The molecule has 0 aliphatic rings. The minimum atomic E-state index is 0.511. The second-order valence-electron chi connectivity index (χ2n) is 3.26. The molecule has 1 aromatic rings. The van der Waals surface area contributed by atoms with Gasteiger partial charge >= 0.3 is 0 Å². The Morgan fingerprint density at radius 1 is 1.53 bits per heavy atom. The summed E-state index contributed by atoms with van der Waals surface area (Å²) in [6, 6.07) is 7.50. The van der Waals surface area contributed by atoms with Gasteiger partial charge in [0, 0.05) is 20.7 Å². The normalized spacial score (nSPS) is 9.67. The van der Waals surface area contributed by atoms with Crippen molar-refractivity contribution in [2.75, 3.05) is 37.9 Å². The van der Waals surface area contributed by atoms with Crippen molar-refractivity contribution < 1.29 is 4.74 Å². The Morgan fingerprint density at radius 3 is 2.87 bits per heavy atom. The van der Waals surface area contributed by atoms with Crippen LogP contribution in [0.1, 0.15) is 5.56 Å². The molecular formula is C11H15N3O. The van der Waals surface area contributed by atoms with Crippen LogP contribution in [0.15, 0.2) is 18.2 Å². The maximum atomic E-state index is 8.83. The minimum Gasteiger partial charge on any atom is -0.396 e. The molecule has 1 rings (SSSR count). The van der Waals surface area contributed by atoms with Crippen molar-refractivity contribution in [1.29, 1.82) is 5.26 Å². The summed E-state index contributed by atoms with van der Waals surface area (Å²) in [5.41, 5.74) is 7.77. The van der Waals surface area contributed by atoms with Crippen LogP contribution in [0.4, 0.5) is 11.4 Å². The third-order valence-electron chi connectivity index (χ3n) is 2.25. The highest BCUT2D eigenvalue weighted by Gasteiger charge is 2.07. The number of ether oxygens (including phenoxy) is 1. The zero-order valence-electron chi connectivity index (χ0n) is 9.03. The number of methoxy groups -OCH3 is 1. The summed E-state index contributed by atoms with van der Waals surface area (Å²) < 4.78 is 4.98. The van der Waals surface area contributed by atoms with Crippen LogP contribution in [0.3, 0.4) is 0 Å². The van der Waals surface area contributed by atoms with Gasteiger partial charge in [-0.05, 0) is 12.1 Å². The zero-order valence-corrected chi connectivity index (χ0v) is 9.03. The molecule has 0 saturated heterocycles. The van der Waals surface area contributed by atoms with Gasteiger partial charge in [0.15, 0.2) is 0 Å². The Hall–Kier alpha value is -1.73. The number of nitrogens with zero attached hydrogens (tertiary/aromatic N) is 2. The second kappa shape index (κ2) is 5.23. The lowest BCUT2D eigenvalue weighted by atomic mass is 10.1. The Balaban J connectivity index is 2.90. The average Bonchev–Trinajstić information content (AvgIpc) is 2.26. The highest BCUT2D eigenvalue weighted by molar-refractivity contribution is 5.73. The third kappa shape index (κ3) is 2.61. The number of hydrogen-bond donors (Lipinski definition) is 1. The van der Waals surface area contributed by atoms with E-state index in [0.29, 0.717) is 17.9 Å². The standard InChI is InChI=1S/C11H15N3O/c1-14(6-7-15-2)10-5-3-4-9(8-12)11(10)13/h3-5H,6-7,13H2,1-2H3. The molecule has 0 aliphatic carbocycles. The fraction of sp³-hybridized carbons (Fsp3) is 0.364. The molecule has 15 heavy (non-hydrogen) atoms. The Bertz CT molecular complexity index is 371. The van der Waals surface area contributed by atoms with E-state index in [1.807, 2.05) is 24.1 Å². The predicted molar refractivity (Wildman–Crippen MR) is 60.7 cm³/mol. The van der Waals surface area contributed by atoms with Crippen LogP contribution >= 0.6 is 0 Å². The molecule has 80 valence electrons. The second-order valence-corrected chi connectivity index (χ2v) is 3.26. The topological polar surface area (TPSA) is 62.3 Å². The molecule has 0 aliphatic heterocycles. The number of nitrogen functional groups attached to an aromatic ring is 1. The monoisotopic (exact) mass is 205 g/mol. The minimum absolute atomic E-state index is 0.511. The molecule has 0 spiro atoms. The quantitative estimate of drug-likeness (QED) is 0.751. The zero-order chi connectivity index (χ0) is 11.3. The average molecular weight is 205 g/mol. The number of rotatable bonds is 4. The highest BCUT2D eigenvalue weighted by Crippen LogP contribution is 2.24. The number of nitrogens with two attached hydrogens (primary N) is 1. The van der Waals surface area contributed by atoms with Crippen LogP contribution in [0.5, 0.6) is 0 Å². The molecule has 0 radical (unpaired) electrons. The third-order valence-corrected chi connectivity index (χ3v) is 2.25. The van der Waals surface area contributed by atoms with Gasteiger partial charge in [-0.15, -0.1) is 0 Å². The smallest absolute Gasteiger partial charge is 0.101 e. The summed E-state index contributed by atoms with van der Waals surface area (Å²) in [6.07, 6.45) is 0. The lowest BCUT2D eigenvalue weighted by Gasteiger charge is -2.20. The van der Waals surface area contributed by atoms with Gasteiger partial charge in [-0.3, -0.25) is 0 Å². The van der Waals surface area contributed by atoms with E-state index >= 15 is 0 Å². The summed E-state index contributed by atoms with van der Waals surface area (Å²) in [6.45, 7) is 1.38. The predicted octanol–water partition coefficient (Wildman–Crippen LogP) is 1.22. The maximum Gasteiger partial charge on any atom is 0.101 e. The maximum absolute atomic E-state index is 8.83. The highest BCUT2D eigenvalue weighted by atomic mass is 16.5. The molecular weight excluding hydrogens is 190 g/mol. The molecule has 0 atom stereocenters. The van der Waals surface area contributed by atoms with Crippen LogP contribution in [-0.4, -0.2) is 27.3 Å². The van der Waals surface area contributed by atoms with Gasteiger partial charge in [-0.25, -0.2) is 0 Å². The van der Waals surface area contributed by atoms with Gasteiger partial charge in [-0.1, -0.05) is 6.07 Å². The molecule has 4 heteroatoms. The molecule has 4 nitrogen and oxygen atoms in total. The van der Waals surface area contributed by atoms with Crippen molar-refractivity contribution in [2.24, 2.45) is 0 Å². The largest absolute Gasteiger partial charge is 0.396 e. The number of likely N-dealkylation sites (N-methyl/N-ethyl adjacent to an activating group) is 1. The number of benzene rings is 1. The van der Waals surface area contributed by atoms with Crippen LogP contribution in [0, 0.1) is 11.3 Å². The van der Waals surface area contributed by atoms with Crippen LogP contribution in [0.25, 0.3) is 0 Å². The summed E-state index contributed by atoms with van der Waals surface area (Å²) in [7, 11) is 3.58. The first-order valence-corrected chi connectivity index (χ1v) is 4.69. The summed E-state index contributed by atoms with van der Waals surface area (Å²) >= 11 is 0. The van der Waals surface area contributed by atoms with E-state index in [4.69, 9.17) is 15.7 Å². The van der Waals surface area contributed by atoms with Crippen molar-refractivity contribution in [3.05, 3.63) is 23.8 Å². The van der Waals surface area contributed by atoms with Gasteiger partial charge in [-0.2, -0.15) is 5.26 Å². The number of para-hydroxylation sites is 1. The van der Waals surface area contributed by atoms with Crippen LogP contribution in [-0.2, 0) is 4.74 Å². The van der Waals surface area contributed by atoms with Crippen molar-refractivity contribution in [3.63, 3.8) is 0 Å². The summed E-state index contributed by atoms with van der Waals surface area (Å²) in [5, 5.41) is 8.83. The fourth-order valence-corrected chi connectivity index (χ4v) is 1.33. The Labute approximate surface area is 89.9 Å². The molecule has 0 saturated carbocycles. The molecule has 0 amide bonds. The fourth-order valence-electron chi connectivity index (χ4n) is 1.33. The lowest BCUT2D eigenvalue weighted by Crippen LogP contribution is -2.23. The SMILES string of the molecule is COCCN(C)c1cccc(C#N)c1N. The molecule has 1 aromatic carbocycles. The van der Waals surface area contributed by atoms with Gasteiger partial charge in [0.2, 0.25) is 0 Å². The summed E-state index contributed by atoms with van der Waals surface area (Å²) in [4.78, 5) is 1.97. The van der Waals surface area contributed by atoms with Crippen molar-refractivity contribution in [1.82, 2.24) is 0 Å². The molecule has 0 unspecified atom stereocenters. The van der Waals surface area contributed by atoms with Gasteiger partial charge < -0.3 is 15.4 Å². The number of nitriles is 1. The molecule has 0 aromatic heterocycles. The van der Waals surface area contributed by atoms with Crippen LogP contribution < -0.4 is 10.6 Å². The number of anilines is 2. The molecule has 2 N–H and O–H groups in total. The molecule has 0 heterocycles. The first kappa shape index (κ1) is 11.3. The van der Waals surface area contributed by atoms with Crippen molar-refractivity contribution in [3.8, 4) is 6.07 Å². The van der Waals surface area contributed by atoms with Gasteiger partial charge in [0.25, 0.3) is 0 Å². The van der Waals surface area contributed by atoms with E-state index in [0.717, 1.165) is 12.2 Å². The molecule has 0 bridgehead atoms. The van der Waals surface area contributed by atoms with Gasteiger partial charge in [0.1, 0.15) is 6.07 Å². The first-order chi connectivity index (χ1) is 7.20. The van der Waals surface area contributed by atoms with E-state index in [2.05, 4.69) is 6.07 Å².